The summed E-state index contributed by atoms with van der Waals surface area (Å²) in [6.45, 7) is 7.46. The summed E-state index contributed by atoms with van der Waals surface area (Å²) < 4.78 is 5.31. The quantitative estimate of drug-likeness (QED) is 0.494. The molecule has 0 spiro atoms. The Morgan fingerprint density at radius 2 is 2.22 bits per heavy atom. The zero-order valence-electron chi connectivity index (χ0n) is 10.6. The lowest BCUT2D eigenvalue weighted by Crippen LogP contribution is -2.39. The van der Waals surface area contributed by atoms with Crippen LogP contribution in [0, 0.1) is 6.92 Å². The smallest absolute Gasteiger partial charge is 0.239 e. The van der Waals surface area contributed by atoms with Crippen molar-refractivity contribution >= 4 is 11.8 Å². The standard InChI is InChI=1S/C11H20N6O/c1-9-8-14-11(16-12)15-10(9)13-2-3-17-4-6-18-7-5-17/h8H,2-7,12H2,1H3,(H2,13,14,15,16). The van der Waals surface area contributed by atoms with Crippen molar-refractivity contribution in [3.8, 4) is 0 Å². The average Bonchev–Trinajstić information content (AvgIpc) is 2.42. The third-order valence-corrected chi connectivity index (χ3v) is 2.92. The van der Waals surface area contributed by atoms with Crippen molar-refractivity contribution in [1.29, 1.82) is 0 Å². The van der Waals surface area contributed by atoms with Crippen molar-refractivity contribution in [2.45, 2.75) is 6.92 Å². The van der Waals surface area contributed by atoms with Crippen LogP contribution in [0.4, 0.5) is 11.8 Å². The molecule has 1 aliphatic rings. The van der Waals surface area contributed by atoms with Crippen molar-refractivity contribution < 1.29 is 4.74 Å². The van der Waals surface area contributed by atoms with Crippen molar-refractivity contribution in [1.82, 2.24) is 14.9 Å². The van der Waals surface area contributed by atoms with Crippen LogP contribution in [-0.2, 0) is 4.74 Å². The van der Waals surface area contributed by atoms with Gasteiger partial charge in [0.2, 0.25) is 5.95 Å². The molecule has 1 aromatic heterocycles. The summed E-state index contributed by atoms with van der Waals surface area (Å²) >= 11 is 0. The molecule has 0 aliphatic carbocycles. The van der Waals surface area contributed by atoms with Gasteiger partial charge in [-0.05, 0) is 6.92 Å². The highest BCUT2D eigenvalue weighted by molar-refractivity contribution is 5.45. The highest BCUT2D eigenvalue weighted by Gasteiger charge is 2.09. The third kappa shape index (κ3) is 3.52. The molecule has 7 heteroatoms. The molecule has 0 unspecified atom stereocenters. The second kappa shape index (κ2) is 6.48. The van der Waals surface area contributed by atoms with Gasteiger partial charge in [-0.2, -0.15) is 4.98 Å². The summed E-state index contributed by atoms with van der Waals surface area (Å²) in [6, 6.07) is 0. The van der Waals surface area contributed by atoms with Crippen molar-refractivity contribution in [2.24, 2.45) is 5.84 Å². The molecule has 0 atom stereocenters. The molecule has 100 valence electrons. The molecular weight excluding hydrogens is 232 g/mol. The minimum Gasteiger partial charge on any atom is -0.379 e. The molecule has 0 aromatic carbocycles. The minimum absolute atomic E-state index is 0.425. The van der Waals surface area contributed by atoms with Gasteiger partial charge in [-0.15, -0.1) is 0 Å². The predicted molar refractivity (Wildman–Crippen MR) is 70.3 cm³/mol. The predicted octanol–water partition coefficient (Wildman–Crippen LogP) is -0.185. The van der Waals surface area contributed by atoms with E-state index < -0.39 is 0 Å². The molecule has 1 fully saturated rings. The fraction of sp³-hybridized carbons (Fsp3) is 0.636. The maximum atomic E-state index is 5.31. The zero-order valence-corrected chi connectivity index (χ0v) is 10.6. The maximum absolute atomic E-state index is 5.31. The maximum Gasteiger partial charge on any atom is 0.239 e. The normalized spacial score (nSPS) is 16.6. The number of rotatable bonds is 5. The number of morpholine rings is 1. The number of hydrazine groups is 1. The fourth-order valence-corrected chi connectivity index (χ4v) is 1.85. The Hall–Kier alpha value is -1.44. The number of nitrogen functional groups attached to an aromatic ring is 1. The van der Waals surface area contributed by atoms with Crippen molar-refractivity contribution in [2.75, 3.05) is 50.1 Å². The molecule has 1 saturated heterocycles. The van der Waals surface area contributed by atoms with Gasteiger partial charge in [0.25, 0.3) is 0 Å². The number of nitrogens with one attached hydrogen (secondary N) is 2. The number of hydrogen-bond donors (Lipinski definition) is 3. The van der Waals surface area contributed by atoms with Gasteiger partial charge in [0.1, 0.15) is 5.82 Å². The zero-order chi connectivity index (χ0) is 12.8. The highest BCUT2D eigenvalue weighted by Crippen LogP contribution is 2.11. The monoisotopic (exact) mass is 252 g/mol. The molecule has 1 aromatic rings. The number of aryl methyl sites for hydroxylation is 1. The minimum atomic E-state index is 0.425. The topological polar surface area (TPSA) is 88.3 Å². The number of ether oxygens (including phenoxy) is 1. The molecule has 2 heterocycles. The van der Waals surface area contributed by atoms with E-state index in [4.69, 9.17) is 10.6 Å². The lowest BCUT2D eigenvalue weighted by Gasteiger charge is -2.26. The largest absolute Gasteiger partial charge is 0.379 e. The van der Waals surface area contributed by atoms with Crippen molar-refractivity contribution in [3.63, 3.8) is 0 Å². The van der Waals surface area contributed by atoms with Gasteiger partial charge in [0, 0.05) is 37.9 Å². The van der Waals surface area contributed by atoms with E-state index in [1.54, 1.807) is 6.20 Å². The van der Waals surface area contributed by atoms with Gasteiger partial charge in [-0.25, -0.2) is 10.8 Å². The van der Waals surface area contributed by atoms with E-state index in [0.717, 1.165) is 50.8 Å². The number of aromatic nitrogens is 2. The van der Waals surface area contributed by atoms with E-state index in [9.17, 15) is 0 Å². The second-order valence-electron chi connectivity index (χ2n) is 4.25. The van der Waals surface area contributed by atoms with Gasteiger partial charge in [0.15, 0.2) is 0 Å². The number of nitrogens with two attached hydrogens (primary N) is 1. The van der Waals surface area contributed by atoms with Crippen LogP contribution in [0.5, 0.6) is 0 Å². The van der Waals surface area contributed by atoms with E-state index in [1.165, 1.54) is 0 Å². The number of anilines is 2. The Morgan fingerprint density at radius 1 is 1.44 bits per heavy atom. The van der Waals surface area contributed by atoms with E-state index in [1.807, 2.05) is 6.92 Å². The summed E-state index contributed by atoms with van der Waals surface area (Å²) in [5.74, 6) is 6.54. The summed E-state index contributed by atoms with van der Waals surface area (Å²) in [5, 5.41) is 3.31. The van der Waals surface area contributed by atoms with Gasteiger partial charge >= 0.3 is 0 Å². The van der Waals surface area contributed by atoms with Crippen LogP contribution in [0.1, 0.15) is 5.56 Å². The molecule has 18 heavy (non-hydrogen) atoms. The van der Waals surface area contributed by atoms with Crippen LogP contribution in [0.3, 0.4) is 0 Å². The van der Waals surface area contributed by atoms with Gasteiger partial charge in [-0.3, -0.25) is 10.3 Å². The van der Waals surface area contributed by atoms with E-state index in [-0.39, 0.29) is 0 Å². The van der Waals surface area contributed by atoms with Crippen LogP contribution in [0.15, 0.2) is 6.20 Å². The number of hydrogen-bond acceptors (Lipinski definition) is 7. The molecule has 0 bridgehead atoms. The molecule has 2 rings (SSSR count). The molecule has 7 nitrogen and oxygen atoms in total. The summed E-state index contributed by atoms with van der Waals surface area (Å²) in [7, 11) is 0. The van der Waals surface area contributed by atoms with E-state index >= 15 is 0 Å². The first-order valence-corrected chi connectivity index (χ1v) is 6.14. The van der Waals surface area contributed by atoms with Crippen LogP contribution < -0.4 is 16.6 Å². The molecular formula is C11H20N6O. The molecule has 0 amide bonds. The first-order valence-electron chi connectivity index (χ1n) is 6.14. The lowest BCUT2D eigenvalue weighted by atomic mass is 10.3. The van der Waals surface area contributed by atoms with Crippen molar-refractivity contribution in [3.05, 3.63) is 11.8 Å². The van der Waals surface area contributed by atoms with Crippen LogP contribution in [-0.4, -0.2) is 54.3 Å². The third-order valence-electron chi connectivity index (χ3n) is 2.92. The molecule has 0 saturated carbocycles. The van der Waals surface area contributed by atoms with Gasteiger partial charge in [0.05, 0.1) is 13.2 Å². The number of nitrogens with zero attached hydrogens (tertiary/aromatic N) is 3. The Morgan fingerprint density at radius 3 is 2.94 bits per heavy atom. The first-order chi connectivity index (χ1) is 8.79. The summed E-state index contributed by atoms with van der Waals surface area (Å²) in [6.07, 6.45) is 1.75. The van der Waals surface area contributed by atoms with Crippen LogP contribution in [0.25, 0.3) is 0 Å². The van der Waals surface area contributed by atoms with E-state index in [2.05, 4.69) is 25.6 Å². The van der Waals surface area contributed by atoms with Gasteiger partial charge in [-0.1, -0.05) is 0 Å². The Bertz CT molecular complexity index is 380. The summed E-state index contributed by atoms with van der Waals surface area (Å²) in [5.41, 5.74) is 3.46. The fourth-order valence-electron chi connectivity index (χ4n) is 1.85. The summed E-state index contributed by atoms with van der Waals surface area (Å²) in [4.78, 5) is 10.7. The van der Waals surface area contributed by atoms with Gasteiger partial charge < -0.3 is 10.1 Å². The first kappa shape index (κ1) is 13.0. The molecule has 1 aliphatic heterocycles. The Balaban J connectivity index is 1.81. The van der Waals surface area contributed by atoms with Crippen LogP contribution in [0.2, 0.25) is 0 Å². The molecule has 0 radical (unpaired) electrons. The highest BCUT2D eigenvalue weighted by atomic mass is 16.5. The van der Waals surface area contributed by atoms with E-state index in [0.29, 0.717) is 5.95 Å². The Kier molecular flexibility index (Phi) is 4.68. The molecule has 4 N–H and O–H groups in total. The SMILES string of the molecule is Cc1cnc(NN)nc1NCCN1CCOCC1. The van der Waals surface area contributed by atoms with Crippen LogP contribution >= 0.6 is 0 Å². The lowest BCUT2D eigenvalue weighted by molar-refractivity contribution is 0.0398. The second-order valence-corrected chi connectivity index (χ2v) is 4.25. The average molecular weight is 252 g/mol. The Labute approximate surface area is 107 Å².